The number of cyclic esters (lactones) is 1. The summed E-state index contributed by atoms with van der Waals surface area (Å²) in [7, 11) is 0.195. The molecule has 0 amide bonds. The Hall–Kier alpha value is -2.90. The fourth-order valence-electron chi connectivity index (χ4n) is 10.7. The van der Waals surface area contributed by atoms with E-state index in [9.17, 15) is 38.0 Å². The van der Waals surface area contributed by atoms with E-state index in [2.05, 4.69) is 15.6 Å². The summed E-state index contributed by atoms with van der Waals surface area (Å²) in [6, 6.07) is 3.55. The molecule has 0 spiro atoms. The molecule has 19 nitrogen and oxygen atoms in total. The fraction of sp³-hybridized carbons (Fsp3) is 0.800. The highest BCUT2D eigenvalue weighted by Crippen LogP contribution is 2.44. The van der Waals surface area contributed by atoms with Crippen molar-refractivity contribution in [2.45, 2.75) is 203 Å². The van der Waals surface area contributed by atoms with Gasteiger partial charge in [0.15, 0.2) is 18.7 Å². The van der Waals surface area contributed by atoms with Crippen LogP contribution in [0.5, 0.6) is 5.75 Å². The van der Waals surface area contributed by atoms with Crippen molar-refractivity contribution in [2.75, 3.05) is 33.8 Å². The maximum atomic E-state index is 14.7. The van der Waals surface area contributed by atoms with Crippen molar-refractivity contribution in [3.63, 3.8) is 0 Å². The number of carbonyl (C=O) groups excluding carboxylic acids is 1. The van der Waals surface area contributed by atoms with Gasteiger partial charge in [0.05, 0.1) is 42.0 Å². The highest BCUT2D eigenvalue weighted by atomic mass is 32.2. The number of aliphatic hydroxyl groups excluding tert-OH is 1. The molecule has 2 aromatic rings. The van der Waals surface area contributed by atoms with Crippen LogP contribution in [-0.2, 0) is 50.3 Å². The lowest BCUT2D eigenvalue weighted by Crippen LogP contribution is -2.70. The van der Waals surface area contributed by atoms with Crippen LogP contribution in [0.3, 0.4) is 0 Å². The minimum Gasteiger partial charge on any atom is -0.483 e. The Morgan fingerprint density at radius 3 is 2.25 bits per heavy atom. The largest absolute Gasteiger partial charge is 0.483 e. The molecule has 6 N–H and O–H groups in total. The Kier molecular flexibility index (Phi) is 19.7. The number of esters is 1. The average Bonchev–Trinajstić information content (AvgIpc) is 3.76. The molecular formula is C50H84FN5O14S. The van der Waals surface area contributed by atoms with Gasteiger partial charge in [0, 0.05) is 58.5 Å². The van der Waals surface area contributed by atoms with Crippen LogP contribution in [0, 0.1) is 23.6 Å². The molecule has 0 bridgehead atoms. The van der Waals surface area contributed by atoms with E-state index in [1.165, 1.54) is 62.3 Å². The molecule has 3 fully saturated rings. The number of hydrogen-bond acceptors (Lipinski definition) is 17. The molecule has 406 valence electrons. The summed E-state index contributed by atoms with van der Waals surface area (Å²) in [5.74, 6) is -3.59. The summed E-state index contributed by atoms with van der Waals surface area (Å²) in [4.78, 5) is 18.8. The number of benzene rings is 1. The van der Waals surface area contributed by atoms with Gasteiger partial charge in [0.1, 0.15) is 40.6 Å². The zero-order chi connectivity index (χ0) is 53.0. The van der Waals surface area contributed by atoms with Gasteiger partial charge < -0.3 is 68.8 Å². The summed E-state index contributed by atoms with van der Waals surface area (Å²) >= 11 is 0. The Labute approximate surface area is 420 Å². The minimum absolute atomic E-state index is 0.000542. The number of methoxy groups -OCH3 is 1. The van der Waals surface area contributed by atoms with Crippen molar-refractivity contribution in [3.8, 4) is 5.75 Å². The van der Waals surface area contributed by atoms with Crippen LogP contribution in [-0.4, -0.2) is 172 Å². The molecule has 18 atom stereocenters. The summed E-state index contributed by atoms with van der Waals surface area (Å²) in [6.45, 7) is 20.0. The Balaban J connectivity index is 1.66. The van der Waals surface area contributed by atoms with Gasteiger partial charge in [-0.25, -0.2) is 17.8 Å². The van der Waals surface area contributed by atoms with E-state index in [-0.39, 0.29) is 55.6 Å². The van der Waals surface area contributed by atoms with Crippen LogP contribution in [0.2, 0.25) is 0 Å². The number of imidazole rings is 1. The number of halogens is 1. The summed E-state index contributed by atoms with van der Waals surface area (Å²) in [6.07, 6.45) is -6.32. The number of nitrogens with one attached hydrogen (secondary N) is 2. The third kappa shape index (κ3) is 13.0. The number of aliphatic hydroxyl groups is 4. The number of hydrogen-bond donors (Lipinski definition) is 6. The van der Waals surface area contributed by atoms with Crippen LogP contribution in [0.1, 0.15) is 108 Å². The van der Waals surface area contributed by atoms with Crippen LogP contribution < -0.4 is 15.4 Å². The Bertz CT molecular complexity index is 2140. The predicted octanol–water partition coefficient (Wildman–Crippen LogP) is 3.65. The molecule has 0 unspecified atom stereocenters. The number of rotatable bonds is 15. The van der Waals surface area contributed by atoms with Crippen molar-refractivity contribution in [2.24, 2.45) is 24.8 Å². The molecule has 3 saturated heterocycles. The zero-order valence-corrected chi connectivity index (χ0v) is 45.0. The first-order valence-corrected chi connectivity index (χ1v) is 26.6. The quantitative estimate of drug-likeness (QED) is 0.110. The third-order valence-corrected chi connectivity index (χ3v) is 17.1. The van der Waals surface area contributed by atoms with Crippen molar-refractivity contribution in [3.05, 3.63) is 42.5 Å². The van der Waals surface area contributed by atoms with E-state index in [0.29, 0.717) is 6.54 Å². The van der Waals surface area contributed by atoms with E-state index in [1.807, 2.05) is 13.8 Å². The number of aryl methyl sites for hydroxylation is 1. The lowest BCUT2D eigenvalue weighted by Gasteiger charge is -2.53. The number of carbonyl (C=O) groups is 1. The molecule has 4 heterocycles. The van der Waals surface area contributed by atoms with Gasteiger partial charge in [-0.15, -0.1) is 0 Å². The smallest absolute Gasteiger partial charge is 0.311 e. The van der Waals surface area contributed by atoms with Gasteiger partial charge in [-0.2, -0.15) is 4.31 Å². The van der Waals surface area contributed by atoms with Crippen LogP contribution in [0.25, 0.3) is 0 Å². The molecular weight excluding hydrogens is 946 g/mol. The SMILES string of the molecule is CCCNC[C@]1(O)[C@H](C)O[C@@H](O[C@H]2[C@H](C)[C@@H](O[C@@H]3O[C@H](C)C[C@H](N(C)S(=O)(=O)c4nccn4C)[C@H]3Oc3ccc(F)cc3)[C@](C)(O)C[C@@H](C)CN[C@H](C)[C@@H](O)[C@](C)(O)[C@@H](CC)OC(=O)[C@@H]2C)C[C@@]1(C)OC. The van der Waals surface area contributed by atoms with Gasteiger partial charge in [-0.1, -0.05) is 27.7 Å². The molecule has 0 radical (unpaired) electrons. The molecule has 0 aliphatic carbocycles. The van der Waals surface area contributed by atoms with E-state index >= 15 is 0 Å². The second-order valence-electron chi connectivity index (χ2n) is 21.1. The molecule has 1 aromatic heterocycles. The number of likely N-dealkylation sites (N-methyl/N-ethyl adjacent to an activating group) is 1. The van der Waals surface area contributed by atoms with E-state index in [4.69, 9.17) is 33.2 Å². The van der Waals surface area contributed by atoms with Gasteiger partial charge in [-0.05, 0) is 117 Å². The number of nitrogens with zero attached hydrogens (tertiary/aromatic N) is 3. The molecule has 71 heavy (non-hydrogen) atoms. The first kappa shape index (κ1) is 59.0. The molecule has 1 aromatic carbocycles. The van der Waals surface area contributed by atoms with Gasteiger partial charge in [-0.3, -0.25) is 4.79 Å². The molecule has 21 heteroatoms. The highest BCUT2D eigenvalue weighted by Gasteiger charge is 2.59. The number of aromatic nitrogens is 2. The molecule has 3 aliphatic heterocycles. The van der Waals surface area contributed by atoms with Crippen molar-refractivity contribution in [1.29, 1.82) is 0 Å². The standard InChI is InChI=1S/C50H84FN5O14S/c1-15-21-52-28-50(61)34(8)66-39(26-48(50,10)64-14)69-40-31(5)43(47(9,59)25-29(3)27-54-33(7)42(57)49(11,60)38(16-2)68-44(58)32(40)6)70-45-41(67-36-19-17-35(51)18-20-36)37(24-30(4)65-45)56(13)71(62,63)46-53-22-23-55(46)12/h17-20,22-23,29-34,37-43,45,52,54,57,59-61H,15-16,21,24-28H2,1-14H3/t29-,30-,31+,32-,33-,34+,37+,38-,39+,40+,41-,42-,43-,45+,47-,48-,49-,50+/m1/s1. The lowest BCUT2D eigenvalue weighted by molar-refractivity contribution is -0.335. The first-order chi connectivity index (χ1) is 33.1. The maximum absolute atomic E-state index is 14.7. The Morgan fingerprint density at radius 1 is 1.00 bits per heavy atom. The molecule has 5 rings (SSSR count). The normalized spacial score (nSPS) is 40.4. The fourth-order valence-corrected chi connectivity index (χ4v) is 12.2. The van der Waals surface area contributed by atoms with Crippen LogP contribution in [0.4, 0.5) is 4.39 Å². The van der Waals surface area contributed by atoms with Crippen molar-refractivity contribution in [1.82, 2.24) is 24.5 Å². The molecule has 0 saturated carbocycles. The van der Waals surface area contributed by atoms with Gasteiger partial charge >= 0.3 is 5.97 Å². The predicted molar refractivity (Wildman–Crippen MR) is 261 cm³/mol. The lowest BCUT2D eigenvalue weighted by atomic mass is 9.75. The second-order valence-corrected chi connectivity index (χ2v) is 23.0. The maximum Gasteiger partial charge on any atom is 0.311 e. The van der Waals surface area contributed by atoms with Crippen molar-refractivity contribution < 1.29 is 71.2 Å². The number of ether oxygens (including phenoxy) is 7. The van der Waals surface area contributed by atoms with E-state index < -0.39 is 123 Å². The first-order valence-electron chi connectivity index (χ1n) is 25.1. The highest BCUT2D eigenvalue weighted by molar-refractivity contribution is 7.89. The number of sulfonamides is 1. The average molecular weight is 1030 g/mol. The van der Waals surface area contributed by atoms with Crippen LogP contribution in [0.15, 0.2) is 41.8 Å². The minimum atomic E-state index is -4.28. The Morgan fingerprint density at radius 2 is 1.66 bits per heavy atom. The van der Waals surface area contributed by atoms with Gasteiger partial charge in [0.2, 0.25) is 5.16 Å². The van der Waals surface area contributed by atoms with E-state index in [1.54, 1.807) is 62.4 Å². The molecule has 3 aliphatic rings. The summed E-state index contributed by atoms with van der Waals surface area (Å²) in [5.41, 5.74) is -6.45. The monoisotopic (exact) mass is 1030 g/mol. The van der Waals surface area contributed by atoms with Gasteiger partial charge in [0.25, 0.3) is 10.0 Å². The van der Waals surface area contributed by atoms with Crippen LogP contribution >= 0.6 is 0 Å². The second kappa shape index (κ2) is 23.8. The summed E-state index contributed by atoms with van der Waals surface area (Å²) in [5, 5.41) is 55.0. The topological polar surface area (TPSA) is 242 Å². The van der Waals surface area contributed by atoms with E-state index in [0.717, 1.165) is 10.7 Å². The third-order valence-electron chi connectivity index (χ3n) is 15.3. The zero-order valence-electron chi connectivity index (χ0n) is 44.2. The van der Waals surface area contributed by atoms with Crippen molar-refractivity contribution >= 4 is 16.0 Å². The summed E-state index contributed by atoms with van der Waals surface area (Å²) < 4.78 is 91.5.